The van der Waals surface area contributed by atoms with Gasteiger partial charge in [-0.05, 0) is 12.1 Å². The topological polar surface area (TPSA) is 66.1 Å². The molecule has 0 spiro atoms. The summed E-state index contributed by atoms with van der Waals surface area (Å²) in [6.45, 7) is 0.242. The second-order valence-corrected chi connectivity index (χ2v) is 4.07. The van der Waals surface area contributed by atoms with E-state index in [0.29, 0.717) is 18.7 Å². The van der Waals surface area contributed by atoms with Crippen molar-refractivity contribution in [2.24, 2.45) is 0 Å². The van der Waals surface area contributed by atoms with Gasteiger partial charge >= 0.3 is 0 Å². The zero-order valence-corrected chi connectivity index (χ0v) is 9.14. The SMILES string of the molecule is O=C1CCC(=O)N1Cc1nc2ccccc2[nH]1. The van der Waals surface area contributed by atoms with Crippen molar-refractivity contribution in [2.45, 2.75) is 19.4 Å². The molecule has 1 aromatic heterocycles. The van der Waals surface area contributed by atoms with E-state index in [0.717, 1.165) is 11.0 Å². The molecule has 86 valence electrons. The van der Waals surface area contributed by atoms with Gasteiger partial charge in [0, 0.05) is 12.8 Å². The first-order valence-electron chi connectivity index (χ1n) is 5.51. The number of rotatable bonds is 2. The van der Waals surface area contributed by atoms with E-state index in [1.54, 1.807) is 0 Å². The fourth-order valence-electron chi connectivity index (χ4n) is 2.03. The number of imide groups is 1. The summed E-state index contributed by atoms with van der Waals surface area (Å²) >= 11 is 0. The van der Waals surface area contributed by atoms with Crippen LogP contribution in [0.15, 0.2) is 24.3 Å². The predicted octanol–water partition coefficient (Wildman–Crippen LogP) is 1.21. The van der Waals surface area contributed by atoms with E-state index in [1.807, 2.05) is 24.3 Å². The minimum Gasteiger partial charge on any atom is -0.340 e. The molecule has 1 fully saturated rings. The molecule has 0 bridgehead atoms. The number of nitrogens with one attached hydrogen (secondary N) is 1. The van der Waals surface area contributed by atoms with E-state index in [4.69, 9.17) is 0 Å². The molecule has 5 heteroatoms. The van der Waals surface area contributed by atoms with Gasteiger partial charge in [-0.15, -0.1) is 0 Å². The fraction of sp³-hybridized carbons (Fsp3) is 0.250. The zero-order chi connectivity index (χ0) is 11.8. The van der Waals surface area contributed by atoms with Crippen molar-refractivity contribution in [1.82, 2.24) is 14.9 Å². The molecule has 2 aromatic rings. The molecule has 5 nitrogen and oxygen atoms in total. The summed E-state index contributed by atoms with van der Waals surface area (Å²) in [7, 11) is 0. The van der Waals surface area contributed by atoms with Crippen LogP contribution < -0.4 is 0 Å². The first-order chi connectivity index (χ1) is 8.24. The Morgan fingerprint density at radius 2 is 1.88 bits per heavy atom. The fourth-order valence-corrected chi connectivity index (χ4v) is 2.03. The van der Waals surface area contributed by atoms with Gasteiger partial charge in [-0.1, -0.05) is 12.1 Å². The molecule has 2 heterocycles. The first kappa shape index (κ1) is 10.0. The van der Waals surface area contributed by atoms with Gasteiger partial charge in [0.15, 0.2) is 0 Å². The van der Waals surface area contributed by atoms with Crippen molar-refractivity contribution in [3.05, 3.63) is 30.1 Å². The van der Waals surface area contributed by atoms with Crippen molar-refractivity contribution in [3.63, 3.8) is 0 Å². The standard InChI is InChI=1S/C12H11N3O2/c16-11-5-6-12(17)15(11)7-10-13-8-3-1-2-4-9(8)14-10/h1-4H,5-7H2,(H,13,14). The van der Waals surface area contributed by atoms with Crippen LogP contribution in [0.2, 0.25) is 0 Å². The normalized spacial score (nSPS) is 16.1. The van der Waals surface area contributed by atoms with Crippen LogP contribution in [-0.2, 0) is 16.1 Å². The number of benzene rings is 1. The van der Waals surface area contributed by atoms with Gasteiger partial charge in [-0.2, -0.15) is 0 Å². The third-order valence-electron chi connectivity index (χ3n) is 2.90. The minimum absolute atomic E-state index is 0.115. The second-order valence-electron chi connectivity index (χ2n) is 4.07. The lowest BCUT2D eigenvalue weighted by atomic mass is 10.3. The number of amides is 2. The number of H-pyrrole nitrogens is 1. The number of likely N-dealkylation sites (tertiary alicyclic amines) is 1. The molecule has 0 atom stereocenters. The molecular weight excluding hydrogens is 218 g/mol. The largest absolute Gasteiger partial charge is 0.340 e. The summed E-state index contributed by atoms with van der Waals surface area (Å²) < 4.78 is 0. The Hall–Kier alpha value is -2.17. The van der Waals surface area contributed by atoms with Crippen LogP contribution in [0.1, 0.15) is 18.7 Å². The van der Waals surface area contributed by atoms with E-state index in [2.05, 4.69) is 9.97 Å². The molecule has 3 rings (SSSR count). The Morgan fingerprint density at radius 1 is 1.18 bits per heavy atom. The molecule has 17 heavy (non-hydrogen) atoms. The number of imidazole rings is 1. The molecule has 1 saturated heterocycles. The molecule has 1 aliphatic heterocycles. The Bertz CT molecular complexity index is 554. The number of para-hydroxylation sites is 2. The average molecular weight is 229 g/mol. The lowest BCUT2D eigenvalue weighted by Gasteiger charge is -2.10. The van der Waals surface area contributed by atoms with Crippen LogP contribution in [-0.4, -0.2) is 26.7 Å². The van der Waals surface area contributed by atoms with Crippen molar-refractivity contribution in [1.29, 1.82) is 0 Å². The number of carbonyl (C=O) groups excluding carboxylic acids is 2. The number of fused-ring (bicyclic) bond motifs is 1. The van der Waals surface area contributed by atoms with Crippen LogP contribution in [0.4, 0.5) is 0 Å². The van der Waals surface area contributed by atoms with Crippen LogP contribution >= 0.6 is 0 Å². The summed E-state index contributed by atoms with van der Waals surface area (Å²) in [6, 6.07) is 7.62. The Labute approximate surface area is 97.4 Å². The smallest absolute Gasteiger partial charge is 0.230 e. The Balaban J connectivity index is 1.89. The summed E-state index contributed by atoms with van der Waals surface area (Å²) in [5.74, 6) is 0.417. The summed E-state index contributed by atoms with van der Waals surface area (Å²) in [5.41, 5.74) is 1.77. The molecular formula is C12H11N3O2. The monoisotopic (exact) mass is 229 g/mol. The van der Waals surface area contributed by atoms with Crippen molar-refractivity contribution in [2.75, 3.05) is 0 Å². The summed E-state index contributed by atoms with van der Waals surface area (Å²) in [4.78, 5) is 31.6. The van der Waals surface area contributed by atoms with E-state index < -0.39 is 0 Å². The van der Waals surface area contributed by atoms with Gasteiger partial charge in [0.05, 0.1) is 17.6 Å². The van der Waals surface area contributed by atoms with Crippen LogP contribution in [0.5, 0.6) is 0 Å². The summed E-state index contributed by atoms with van der Waals surface area (Å²) in [5, 5.41) is 0. The number of hydrogen-bond donors (Lipinski definition) is 1. The zero-order valence-electron chi connectivity index (χ0n) is 9.14. The van der Waals surface area contributed by atoms with Gasteiger partial charge in [-0.25, -0.2) is 4.98 Å². The van der Waals surface area contributed by atoms with Gasteiger partial charge in [0.25, 0.3) is 0 Å². The molecule has 1 N–H and O–H groups in total. The van der Waals surface area contributed by atoms with E-state index in [-0.39, 0.29) is 18.4 Å². The Morgan fingerprint density at radius 3 is 2.59 bits per heavy atom. The van der Waals surface area contributed by atoms with Gasteiger partial charge < -0.3 is 4.98 Å². The van der Waals surface area contributed by atoms with Gasteiger partial charge in [0.1, 0.15) is 5.82 Å². The van der Waals surface area contributed by atoms with Crippen molar-refractivity contribution < 1.29 is 9.59 Å². The molecule has 2 amide bonds. The maximum Gasteiger partial charge on any atom is 0.230 e. The van der Waals surface area contributed by atoms with E-state index in [9.17, 15) is 9.59 Å². The minimum atomic E-state index is -0.115. The average Bonchev–Trinajstić information content (AvgIpc) is 2.87. The Kier molecular flexibility index (Phi) is 2.18. The molecule has 1 aromatic carbocycles. The highest BCUT2D eigenvalue weighted by Crippen LogP contribution is 2.16. The van der Waals surface area contributed by atoms with Crippen LogP contribution in [0.25, 0.3) is 11.0 Å². The van der Waals surface area contributed by atoms with Crippen LogP contribution in [0, 0.1) is 0 Å². The maximum absolute atomic E-state index is 11.5. The molecule has 1 aliphatic rings. The number of aromatic amines is 1. The lowest BCUT2D eigenvalue weighted by molar-refractivity contribution is -0.139. The van der Waals surface area contributed by atoms with Crippen LogP contribution in [0.3, 0.4) is 0 Å². The van der Waals surface area contributed by atoms with E-state index >= 15 is 0 Å². The van der Waals surface area contributed by atoms with Crippen molar-refractivity contribution in [3.8, 4) is 0 Å². The third kappa shape index (κ3) is 1.69. The van der Waals surface area contributed by atoms with Gasteiger partial charge in [0.2, 0.25) is 11.8 Å². The van der Waals surface area contributed by atoms with Gasteiger partial charge in [-0.3, -0.25) is 14.5 Å². The maximum atomic E-state index is 11.5. The quantitative estimate of drug-likeness (QED) is 0.787. The predicted molar refractivity (Wildman–Crippen MR) is 60.9 cm³/mol. The number of nitrogens with zero attached hydrogens (tertiary/aromatic N) is 2. The highest BCUT2D eigenvalue weighted by molar-refractivity contribution is 6.01. The number of carbonyl (C=O) groups is 2. The first-order valence-corrected chi connectivity index (χ1v) is 5.51. The highest BCUT2D eigenvalue weighted by Gasteiger charge is 2.29. The third-order valence-corrected chi connectivity index (χ3v) is 2.90. The number of hydrogen-bond acceptors (Lipinski definition) is 3. The second kappa shape index (κ2) is 3.69. The van der Waals surface area contributed by atoms with E-state index in [1.165, 1.54) is 4.90 Å². The molecule has 0 radical (unpaired) electrons. The number of aromatic nitrogens is 2. The summed E-state index contributed by atoms with van der Waals surface area (Å²) in [6.07, 6.45) is 0.637. The molecule has 0 unspecified atom stereocenters. The van der Waals surface area contributed by atoms with Crippen molar-refractivity contribution >= 4 is 22.8 Å². The molecule has 0 aliphatic carbocycles. The highest BCUT2D eigenvalue weighted by atomic mass is 16.2. The molecule has 0 saturated carbocycles. The lowest BCUT2D eigenvalue weighted by Crippen LogP contribution is -2.28.